The molecule has 0 bridgehead atoms. The first-order valence-electron chi connectivity index (χ1n) is 3.52. The van der Waals surface area contributed by atoms with Crippen molar-refractivity contribution < 1.29 is 14.7 Å². The number of fused-ring (bicyclic) bond motifs is 1. The van der Waals surface area contributed by atoms with Gasteiger partial charge in [0.25, 0.3) is 11.8 Å². The number of hydrogen-bond donors (Lipinski definition) is 1. The van der Waals surface area contributed by atoms with Gasteiger partial charge in [0.05, 0.1) is 11.1 Å². The highest BCUT2D eigenvalue weighted by Crippen LogP contribution is 2.21. The second kappa shape index (κ2) is 2.48. The first-order valence-corrected chi connectivity index (χ1v) is 3.52. The van der Waals surface area contributed by atoms with Crippen LogP contribution in [0.3, 0.4) is 0 Å². The lowest BCUT2D eigenvalue weighted by Crippen LogP contribution is -2.10. The molecule has 1 heterocycles. The summed E-state index contributed by atoms with van der Waals surface area (Å²) >= 11 is 0. The van der Waals surface area contributed by atoms with Gasteiger partial charge in [0, 0.05) is 0 Å². The second-order valence-electron chi connectivity index (χ2n) is 2.54. The zero-order valence-electron chi connectivity index (χ0n) is 6.39. The molecule has 0 saturated carbocycles. The summed E-state index contributed by atoms with van der Waals surface area (Å²) in [7, 11) is 0. The Balaban J connectivity index is 2.69. The number of azo groups is 1. The average Bonchev–Trinajstić information content (AvgIpc) is 2.12. The van der Waals surface area contributed by atoms with Gasteiger partial charge in [-0.1, -0.05) is 0 Å². The summed E-state index contributed by atoms with van der Waals surface area (Å²) in [6.07, 6.45) is 0. The maximum absolute atomic E-state index is 11.1. The van der Waals surface area contributed by atoms with Crippen molar-refractivity contribution in [2.24, 2.45) is 10.2 Å². The molecule has 0 unspecified atom stereocenters. The molecule has 0 aromatic heterocycles. The van der Waals surface area contributed by atoms with Crippen molar-refractivity contribution >= 4 is 11.8 Å². The number of amides is 2. The van der Waals surface area contributed by atoms with Crippen LogP contribution in [0.1, 0.15) is 20.7 Å². The van der Waals surface area contributed by atoms with Crippen LogP contribution in [0.4, 0.5) is 0 Å². The number of rotatable bonds is 0. The summed E-state index contributed by atoms with van der Waals surface area (Å²) in [5, 5.41) is 15.3. The van der Waals surface area contributed by atoms with Gasteiger partial charge in [0.2, 0.25) is 0 Å². The van der Waals surface area contributed by atoms with Gasteiger partial charge in [-0.2, -0.15) is 0 Å². The summed E-state index contributed by atoms with van der Waals surface area (Å²) in [6, 6.07) is 3.88. The summed E-state index contributed by atoms with van der Waals surface area (Å²) in [5.41, 5.74) is 0.276. The third kappa shape index (κ3) is 1.10. The molecular weight excluding hydrogens is 172 g/mol. The minimum atomic E-state index is -0.606. The highest BCUT2D eigenvalue weighted by atomic mass is 16.3. The Kier molecular flexibility index (Phi) is 1.45. The molecule has 0 spiro atoms. The molecule has 5 heteroatoms. The lowest BCUT2D eigenvalue weighted by Gasteiger charge is -2.05. The van der Waals surface area contributed by atoms with Crippen molar-refractivity contribution in [3.05, 3.63) is 29.3 Å². The van der Waals surface area contributed by atoms with Crippen LogP contribution in [0.2, 0.25) is 0 Å². The number of aromatic hydroxyl groups is 1. The molecule has 13 heavy (non-hydrogen) atoms. The number of phenolic OH excluding ortho intramolecular Hbond substituents is 1. The fourth-order valence-electron chi connectivity index (χ4n) is 1.09. The smallest absolute Gasteiger partial charge is 0.296 e. The van der Waals surface area contributed by atoms with Crippen LogP contribution in [0.25, 0.3) is 0 Å². The Labute approximate surface area is 72.7 Å². The molecule has 1 aliphatic rings. The van der Waals surface area contributed by atoms with E-state index in [0.29, 0.717) is 0 Å². The number of nitrogens with zero attached hydrogens (tertiary/aromatic N) is 2. The van der Waals surface area contributed by atoms with Gasteiger partial charge >= 0.3 is 0 Å². The second-order valence-corrected chi connectivity index (χ2v) is 2.54. The van der Waals surface area contributed by atoms with Crippen LogP contribution in [-0.4, -0.2) is 16.9 Å². The minimum Gasteiger partial charge on any atom is -0.508 e. The molecule has 2 amide bonds. The Morgan fingerprint density at radius 3 is 2.31 bits per heavy atom. The number of phenols is 1. The van der Waals surface area contributed by atoms with Gasteiger partial charge in [0.15, 0.2) is 0 Å². The molecule has 64 valence electrons. The fourth-order valence-corrected chi connectivity index (χ4v) is 1.09. The Hall–Kier alpha value is -2.04. The van der Waals surface area contributed by atoms with Gasteiger partial charge in [0.1, 0.15) is 5.75 Å². The number of benzene rings is 1. The zero-order chi connectivity index (χ0) is 9.42. The Bertz CT molecular complexity index is 437. The van der Waals surface area contributed by atoms with E-state index < -0.39 is 11.8 Å². The van der Waals surface area contributed by atoms with Crippen LogP contribution < -0.4 is 0 Å². The van der Waals surface area contributed by atoms with Gasteiger partial charge < -0.3 is 5.11 Å². The van der Waals surface area contributed by atoms with E-state index in [-0.39, 0.29) is 16.9 Å². The van der Waals surface area contributed by atoms with Crippen molar-refractivity contribution in [3.8, 4) is 5.75 Å². The van der Waals surface area contributed by atoms with Crippen LogP contribution >= 0.6 is 0 Å². The summed E-state index contributed by atoms with van der Waals surface area (Å²) < 4.78 is 0. The van der Waals surface area contributed by atoms with Gasteiger partial charge in [-0.3, -0.25) is 9.59 Å². The molecular formula is C8H4N2O3. The van der Waals surface area contributed by atoms with E-state index in [4.69, 9.17) is 5.11 Å². The van der Waals surface area contributed by atoms with E-state index in [2.05, 4.69) is 10.2 Å². The molecule has 1 aromatic carbocycles. The van der Waals surface area contributed by atoms with Crippen LogP contribution in [0.15, 0.2) is 28.4 Å². The SMILES string of the molecule is O=C1N=NC(=O)c2cc(O)ccc21. The minimum absolute atomic E-state index is 0.0722. The van der Waals surface area contributed by atoms with Crippen molar-refractivity contribution in [2.75, 3.05) is 0 Å². The standard InChI is InChI=1S/C8H4N2O3/c11-4-1-2-5-6(3-4)8(13)10-9-7(5)12/h1-3,11H. The predicted octanol–water partition coefficient (Wildman–Crippen LogP) is 1.14. The number of hydrogen-bond acceptors (Lipinski definition) is 3. The lowest BCUT2D eigenvalue weighted by molar-refractivity contribution is 0.0920. The molecule has 0 fully saturated rings. The summed E-state index contributed by atoms with van der Waals surface area (Å²) in [4.78, 5) is 22.1. The van der Waals surface area contributed by atoms with Crippen molar-refractivity contribution in [2.45, 2.75) is 0 Å². The lowest BCUT2D eigenvalue weighted by atomic mass is 10.1. The van der Waals surface area contributed by atoms with E-state index in [0.717, 1.165) is 0 Å². The number of carbonyl (C=O) groups is 2. The van der Waals surface area contributed by atoms with Crippen LogP contribution in [0, 0.1) is 0 Å². The third-order valence-corrected chi connectivity index (χ3v) is 1.70. The zero-order valence-corrected chi connectivity index (χ0v) is 6.39. The van der Waals surface area contributed by atoms with Crippen LogP contribution in [-0.2, 0) is 0 Å². The highest BCUT2D eigenvalue weighted by molar-refractivity contribution is 6.11. The van der Waals surface area contributed by atoms with Crippen molar-refractivity contribution in [3.63, 3.8) is 0 Å². The molecule has 2 rings (SSSR count). The predicted molar refractivity (Wildman–Crippen MR) is 41.6 cm³/mol. The van der Waals surface area contributed by atoms with E-state index in [1.165, 1.54) is 18.2 Å². The normalized spacial score (nSPS) is 14.5. The average molecular weight is 176 g/mol. The quantitative estimate of drug-likeness (QED) is 0.643. The summed E-state index contributed by atoms with van der Waals surface area (Å²) in [6.45, 7) is 0. The van der Waals surface area contributed by atoms with Crippen molar-refractivity contribution in [1.29, 1.82) is 0 Å². The number of carbonyl (C=O) groups excluding carboxylic acids is 2. The molecule has 1 aromatic rings. The van der Waals surface area contributed by atoms with Crippen LogP contribution in [0.5, 0.6) is 5.75 Å². The Morgan fingerprint density at radius 1 is 1.00 bits per heavy atom. The monoisotopic (exact) mass is 176 g/mol. The van der Waals surface area contributed by atoms with E-state index in [9.17, 15) is 9.59 Å². The molecule has 0 saturated heterocycles. The maximum Gasteiger partial charge on any atom is 0.296 e. The maximum atomic E-state index is 11.1. The first kappa shape index (κ1) is 7.60. The van der Waals surface area contributed by atoms with E-state index in [1.807, 2.05) is 0 Å². The molecule has 0 atom stereocenters. The first-order chi connectivity index (χ1) is 6.18. The molecule has 1 N–H and O–H groups in total. The highest BCUT2D eigenvalue weighted by Gasteiger charge is 2.21. The molecule has 0 aliphatic carbocycles. The van der Waals surface area contributed by atoms with Crippen molar-refractivity contribution in [1.82, 2.24) is 0 Å². The van der Waals surface area contributed by atoms with E-state index in [1.54, 1.807) is 0 Å². The van der Waals surface area contributed by atoms with Gasteiger partial charge in [-0.05, 0) is 18.2 Å². The fraction of sp³-hybridized carbons (Fsp3) is 0. The molecule has 0 radical (unpaired) electrons. The van der Waals surface area contributed by atoms with E-state index >= 15 is 0 Å². The van der Waals surface area contributed by atoms with Gasteiger partial charge in [-0.15, -0.1) is 10.2 Å². The summed E-state index contributed by atoms with van der Waals surface area (Å²) in [5.74, 6) is -1.24. The molecule has 5 nitrogen and oxygen atoms in total. The topological polar surface area (TPSA) is 79.1 Å². The largest absolute Gasteiger partial charge is 0.508 e. The van der Waals surface area contributed by atoms with Gasteiger partial charge in [-0.25, -0.2) is 0 Å². The molecule has 1 aliphatic heterocycles. The Morgan fingerprint density at radius 2 is 1.62 bits per heavy atom. The third-order valence-electron chi connectivity index (χ3n) is 1.70.